The second-order valence-electron chi connectivity index (χ2n) is 6.12. The summed E-state index contributed by atoms with van der Waals surface area (Å²) in [4.78, 5) is 16.6. The molecule has 0 aromatic rings. The van der Waals surface area contributed by atoms with E-state index < -0.39 is 0 Å². The number of hydrogen-bond donors (Lipinski definition) is 2. The van der Waals surface area contributed by atoms with Crippen LogP contribution in [0, 0.1) is 5.41 Å². The third-order valence-corrected chi connectivity index (χ3v) is 5.60. The van der Waals surface area contributed by atoms with Crippen molar-refractivity contribution < 1.29 is 9.53 Å². The number of thioether (sulfide) groups is 1. The molecule has 2 aliphatic rings. The standard InChI is InChI=1S/C15H27N3O2S/c1-12(13(19)16-8-9-20-2)18-14-17-10-15(11-21-14)6-4-3-5-7-15/h12H,3-11H2,1-2H3,(H,16,19)(H,17,18). The summed E-state index contributed by atoms with van der Waals surface area (Å²) in [6, 6.07) is -0.256. The van der Waals surface area contributed by atoms with E-state index in [9.17, 15) is 4.79 Å². The van der Waals surface area contributed by atoms with Crippen LogP contribution in [0.4, 0.5) is 0 Å². The predicted molar refractivity (Wildman–Crippen MR) is 87.8 cm³/mol. The highest BCUT2D eigenvalue weighted by Crippen LogP contribution is 2.41. The molecule has 5 nitrogen and oxygen atoms in total. The Morgan fingerprint density at radius 3 is 2.81 bits per heavy atom. The Kier molecular flexibility index (Phi) is 6.36. The minimum atomic E-state index is -0.256. The minimum absolute atomic E-state index is 0.00620. The Bertz CT molecular complexity index is 381. The van der Waals surface area contributed by atoms with Crippen molar-refractivity contribution in [2.24, 2.45) is 10.4 Å². The van der Waals surface area contributed by atoms with E-state index in [0.29, 0.717) is 18.6 Å². The fourth-order valence-corrected chi connectivity index (χ4v) is 4.16. The molecule has 21 heavy (non-hydrogen) atoms. The number of methoxy groups -OCH3 is 1. The molecule has 1 aliphatic heterocycles. The van der Waals surface area contributed by atoms with Crippen LogP contribution in [-0.4, -0.2) is 49.7 Å². The first-order valence-corrected chi connectivity index (χ1v) is 8.84. The summed E-state index contributed by atoms with van der Waals surface area (Å²) < 4.78 is 4.92. The number of amidine groups is 1. The fraction of sp³-hybridized carbons (Fsp3) is 0.867. The summed E-state index contributed by atoms with van der Waals surface area (Å²) in [5, 5.41) is 6.98. The quantitative estimate of drug-likeness (QED) is 0.760. The molecule has 0 saturated heterocycles. The van der Waals surface area contributed by atoms with Crippen molar-refractivity contribution in [1.29, 1.82) is 0 Å². The average molecular weight is 313 g/mol. The highest BCUT2D eigenvalue weighted by Gasteiger charge is 2.35. The third-order valence-electron chi connectivity index (χ3n) is 4.33. The molecule has 120 valence electrons. The first kappa shape index (κ1) is 16.6. The largest absolute Gasteiger partial charge is 0.383 e. The number of nitrogens with one attached hydrogen (secondary N) is 2. The normalized spacial score (nSPS) is 22.5. The van der Waals surface area contributed by atoms with Crippen molar-refractivity contribution in [1.82, 2.24) is 10.6 Å². The van der Waals surface area contributed by atoms with Crippen molar-refractivity contribution in [3.8, 4) is 0 Å². The van der Waals surface area contributed by atoms with Crippen LogP contribution < -0.4 is 10.6 Å². The Balaban J connectivity index is 1.77. The predicted octanol–water partition coefficient (Wildman–Crippen LogP) is 1.78. The number of carbonyl (C=O) groups is 1. The molecule has 1 spiro atoms. The zero-order chi connectivity index (χ0) is 15.1. The molecule has 2 N–H and O–H groups in total. The molecule has 0 radical (unpaired) electrons. The van der Waals surface area contributed by atoms with Crippen molar-refractivity contribution in [2.45, 2.75) is 45.1 Å². The monoisotopic (exact) mass is 313 g/mol. The highest BCUT2D eigenvalue weighted by atomic mass is 32.2. The van der Waals surface area contributed by atoms with E-state index in [1.54, 1.807) is 18.9 Å². The van der Waals surface area contributed by atoms with E-state index in [2.05, 4.69) is 15.6 Å². The zero-order valence-electron chi connectivity index (χ0n) is 13.1. The van der Waals surface area contributed by atoms with Crippen molar-refractivity contribution in [3.05, 3.63) is 0 Å². The second-order valence-corrected chi connectivity index (χ2v) is 7.08. The van der Waals surface area contributed by atoms with Gasteiger partial charge in [0, 0.05) is 26.0 Å². The third kappa shape index (κ3) is 4.88. The van der Waals surface area contributed by atoms with E-state index in [4.69, 9.17) is 4.74 Å². The molecule has 1 atom stereocenters. The molecule has 1 aliphatic carbocycles. The maximum Gasteiger partial charge on any atom is 0.242 e. The van der Waals surface area contributed by atoms with Gasteiger partial charge in [-0.2, -0.15) is 0 Å². The lowest BCUT2D eigenvalue weighted by Gasteiger charge is -2.38. The number of rotatable bonds is 5. The zero-order valence-corrected chi connectivity index (χ0v) is 13.9. The first-order valence-electron chi connectivity index (χ1n) is 7.86. The molecule has 0 aromatic carbocycles. The van der Waals surface area contributed by atoms with Gasteiger partial charge in [0.2, 0.25) is 5.91 Å². The highest BCUT2D eigenvalue weighted by molar-refractivity contribution is 8.13. The molecule has 1 fully saturated rings. The molecular weight excluding hydrogens is 286 g/mol. The van der Waals surface area contributed by atoms with Gasteiger partial charge in [-0.15, -0.1) is 0 Å². The molecule has 1 unspecified atom stereocenters. The van der Waals surface area contributed by atoms with Crippen molar-refractivity contribution in [3.63, 3.8) is 0 Å². The molecule has 6 heteroatoms. The van der Waals surface area contributed by atoms with Gasteiger partial charge in [0.1, 0.15) is 6.04 Å². The van der Waals surface area contributed by atoms with Crippen LogP contribution >= 0.6 is 11.8 Å². The topological polar surface area (TPSA) is 62.7 Å². The number of aliphatic imine (C=N–C) groups is 1. The molecule has 1 amide bonds. The molecule has 0 bridgehead atoms. The van der Waals surface area contributed by atoms with Gasteiger partial charge in [0.15, 0.2) is 5.17 Å². The smallest absolute Gasteiger partial charge is 0.242 e. The van der Waals surface area contributed by atoms with Crippen molar-refractivity contribution in [2.75, 3.05) is 32.6 Å². The molecular formula is C15H27N3O2S. The molecule has 0 aromatic heterocycles. The van der Waals surface area contributed by atoms with Crippen molar-refractivity contribution >= 4 is 22.8 Å². The Labute approximate surface area is 131 Å². The summed E-state index contributed by atoms with van der Waals surface area (Å²) in [6.45, 7) is 3.87. The maximum absolute atomic E-state index is 11.9. The van der Waals surface area contributed by atoms with E-state index >= 15 is 0 Å². The van der Waals surface area contributed by atoms with Gasteiger partial charge >= 0.3 is 0 Å². The summed E-state index contributed by atoms with van der Waals surface area (Å²) in [5.74, 6) is 1.13. The van der Waals surface area contributed by atoms with Crippen LogP contribution in [-0.2, 0) is 9.53 Å². The van der Waals surface area contributed by atoms with E-state index in [-0.39, 0.29) is 11.9 Å². The Morgan fingerprint density at radius 1 is 1.43 bits per heavy atom. The van der Waals surface area contributed by atoms with Gasteiger partial charge in [-0.3, -0.25) is 9.79 Å². The maximum atomic E-state index is 11.9. The SMILES string of the molecule is COCCNC(=O)C(C)NC1=NCC2(CCCCC2)CS1. The van der Waals surface area contributed by atoms with E-state index in [1.165, 1.54) is 32.1 Å². The van der Waals surface area contributed by atoms with Crippen LogP contribution in [0.5, 0.6) is 0 Å². The Hall–Kier alpha value is -0.750. The van der Waals surface area contributed by atoms with E-state index in [0.717, 1.165) is 17.5 Å². The van der Waals surface area contributed by atoms with Crippen LogP contribution in [0.1, 0.15) is 39.0 Å². The van der Waals surface area contributed by atoms with Gasteiger partial charge in [-0.05, 0) is 25.2 Å². The van der Waals surface area contributed by atoms with Gasteiger partial charge in [-0.1, -0.05) is 31.0 Å². The minimum Gasteiger partial charge on any atom is -0.383 e. The summed E-state index contributed by atoms with van der Waals surface area (Å²) in [7, 11) is 1.63. The first-order chi connectivity index (χ1) is 10.2. The fourth-order valence-electron chi connectivity index (χ4n) is 2.92. The molecule has 2 rings (SSSR count). The van der Waals surface area contributed by atoms with Gasteiger partial charge in [0.05, 0.1) is 6.61 Å². The van der Waals surface area contributed by atoms with Gasteiger partial charge in [-0.25, -0.2) is 0 Å². The van der Waals surface area contributed by atoms with E-state index in [1.807, 2.05) is 6.92 Å². The lowest BCUT2D eigenvalue weighted by molar-refractivity contribution is -0.122. The lowest BCUT2D eigenvalue weighted by Crippen LogP contribution is -2.46. The number of carbonyl (C=O) groups excluding carboxylic acids is 1. The van der Waals surface area contributed by atoms with Crippen LogP contribution in [0.25, 0.3) is 0 Å². The van der Waals surface area contributed by atoms with Crippen LogP contribution in [0.2, 0.25) is 0 Å². The summed E-state index contributed by atoms with van der Waals surface area (Å²) in [5.41, 5.74) is 0.429. The second kappa shape index (κ2) is 8.03. The number of nitrogens with zero attached hydrogens (tertiary/aromatic N) is 1. The van der Waals surface area contributed by atoms with Crippen LogP contribution in [0.15, 0.2) is 4.99 Å². The number of amides is 1. The van der Waals surface area contributed by atoms with Gasteiger partial charge < -0.3 is 15.4 Å². The summed E-state index contributed by atoms with van der Waals surface area (Å²) in [6.07, 6.45) is 6.68. The molecule has 1 heterocycles. The summed E-state index contributed by atoms with van der Waals surface area (Å²) >= 11 is 1.78. The van der Waals surface area contributed by atoms with Crippen LogP contribution in [0.3, 0.4) is 0 Å². The number of ether oxygens (including phenoxy) is 1. The van der Waals surface area contributed by atoms with Gasteiger partial charge in [0.25, 0.3) is 0 Å². The number of hydrogen-bond acceptors (Lipinski definition) is 5. The lowest BCUT2D eigenvalue weighted by atomic mass is 9.75. The average Bonchev–Trinajstić information content (AvgIpc) is 2.51. The molecule has 1 saturated carbocycles. The Morgan fingerprint density at radius 2 is 2.19 bits per heavy atom.